The van der Waals surface area contributed by atoms with Crippen molar-refractivity contribution in [2.24, 2.45) is 22.9 Å². The van der Waals surface area contributed by atoms with E-state index in [4.69, 9.17) is 22.9 Å². The van der Waals surface area contributed by atoms with Crippen molar-refractivity contribution in [3.63, 3.8) is 0 Å². The molecule has 0 rings (SSSR count). The van der Waals surface area contributed by atoms with Gasteiger partial charge in [-0.05, 0) is 52.1 Å². The maximum atomic E-state index is 6.28. The minimum atomic E-state index is -0.160. The molecule has 4 heteroatoms. The highest BCUT2D eigenvalue weighted by molar-refractivity contribution is 4.86. The van der Waals surface area contributed by atoms with Gasteiger partial charge < -0.3 is 22.9 Å². The number of nitrogens with two attached hydrogens (primary N) is 4. The average Bonchev–Trinajstić information content (AvgIpc) is 2.11. The van der Waals surface area contributed by atoms with Crippen LogP contribution >= 0.6 is 0 Å². The highest BCUT2D eigenvalue weighted by Gasteiger charge is 2.24. The van der Waals surface area contributed by atoms with Crippen LogP contribution in [0.1, 0.15) is 39.0 Å². The van der Waals surface area contributed by atoms with Gasteiger partial charge in [0.05, 0.1) is 0 Å². The van der Waals surface area contributed by atoms with E-state index in [9.17, 15) is 0 Å². The first-order valence-electron chi connectivity index (χ1n) is 5.48. The Hall–Kier alpha value is -0.160. The summed E-state index contributed by atoms with van der Waals surface area (Å²) < 4.78 is 0. The Morgan fingerprint density at radius 3 is 1.79 bits per heavy atom. The van der Waals surface area contributed by atoms with Crippen molar-refractivity contribution in [2.75, 3.05) is 13.1 Å². The second-order valence-corrected chi connectivity index (χ2v) is 4.33. The van der Waals surface area contributed by atoms with Crippen LogP contribution in [0.3, 0.4) is 0 Å². The molecule has 8 N–H and O–H groups in total. The summed E-state index contributed by atoms with van der Waals surface area (Å²) in [5.74, 6) is 0. The molecule has 1 unspecified atom stereocenters. The molecule has 0 aromatic heterocycles. The first-order chi connectivity index (χ1) is 6.54. The molecule has 0 fully saturated rings. The molecule has 86 valence electrons. The topological polar surface area (TPSA) is 104 Å². The summed E-state index contributed by atoms with van der Waals surface area (Å²) in [5, 5.41) is 0. The Labute approximate surface area is 87.4 Å². The molecule has 0 heterocycles. The van der Waals surface area contributed by atoms with Crippen molar-refractivity contribution in [1.29, 1.82) is 0 Å². The van der Waals surface area contributed by atoms with Crippen LogP contribution < -0.4 is 22.9 Å². The van der Waals surface area contributed by atoms with Gasteiger partial charge in [-0.15, -0.1) is 0 Å². The molecule has 0 aliphatic heterocycles. The van der Waals surface area contributed by atoms with Crippen LogP contribution in [-0.4, -0.2) is 24.7 Å². The van der Waals surface area contributed by atoms with E-state index >= 15 is 0 Å². The van der Waals surface area contributed by atoms with Crippen molar-refractivity contribution in [3.05, 3.63) is 0 Å². The Balaban J connectivity index is 4.03. The van der Waals surface area contributed by atoms with E-state index in [0.717, 1.165) is 32.1 Å². The second-order valence-electron chi connectivity index (χ2n) is 4.33. The van der Waals surface area contributed by atoms with Gasteiger partial charge in [0.2, 0.25) is 0 Å². The molecule has 0 aliphatic rings. The SMILES string of the molecule is CC(N)CC(N)(CCCN)CCCN. The van der Waals surface area contributed by atoms with E-state index in [1.807, 2.05) is 6.92 Å². The summed E-state index contributed by atoms with van der Waals surface area (Å²) in [6.45, 7) is 3.38. The Bertz CT molecular complexity index is 128. The minimum absolute atomic E-state index is 0.149. The van der Waals surface area contributed by atoms with E-state index < -0.39 is 0 Å². The number of hydrogen-bond donors (Lipinski definition) is 4. The highest BCUT2D eigenvalue weighted by atomic mass is 14.8. The molecule has 1 atom stereocenters. The second kappa shape index (κ2) is 7.17. The van der Waals surface area contributed by atoms with Gasteiger partial charge in [-0.3, -0.25) is 0 Å². The lowest BCUT2D eigenvalue weighted by Crippen LogP contribution is -2.45. The normalized spacial score (nSPS) is 14.4. The zero-order chi connectivity index (χ0) is 11.0. The van der Waals surface area contributed by atoms with Gasteiger partial charge in [0.25, 0.3) is 0 Å². The van der Waals surface area contributed by atoms with E-state index in [1.165, 1.54) is 0 Å². The summed E-state index contributed by atoms with van der Waals surface area (Å²) in [4.78, 5) is 0. The van der Waals surface area contributed by atoms with Crippen LogP contribution in [0.15, 0.2) is 0 Å². The molecule has 0 aromatic carbocycles. The molecule has 0 aromatic rings. The third kappa shape index (κ3) is 6.32. The largest absolute Gasteiger partial charge is 0.330 e. The molecule has 14 heavy (non-hydrogen) atoms. The van der Waals surface area contributed by atoms with Crippen LogP contribution in [0.5, 0.6) is 0 Å². The number of rotatable bonds is 8. The summed E-state index contributed by atoms with van der Waals surface area (Å²) in [5.41, 5.74) is 22.9. The lowest BCUT2D eigenvalue weighted by molar-refractivity contribution is 0.309. The zero-order valence-corrected chi connectivity index (χ0v) is 9.34. The minimum Gasteiger partial charge on any atom is -0.330 e. The molecule has 0 amide bonds. The lowest BCUT2D eigenvalue weighted by Gasteiger charge is -2.31. The maximum absolute atomic E-state index is 6.28. The van der Waals surface area contributed by atoms with Gasteiger partial charge in [0.15, 0.2) is 0 Å². The van der Waals surface area contributed by atoms with E-state index in [1.54, 1.807) is 0 Å². The monoisotopic (exact) mass is 202 g/mol. The predicted molar refractivity (Wildman–Crippen MR) is 61.8 cm³/mol. The summed E-state index contributed by atoms with van der Waals surface area (Å²) in [6, 6.07) is 0.149. The third-order valence-corrected chi connectivity index (χ3v) is 2.49. The fraction of sp³-hybridized carbons (Fsp3) is 1.00. The van der Waals surface area contributed by atoms with Gasteiger partial charge in [0, 0.05) is 11.6 Å². The van der Waals surface area contributed by atoms with Crippen LogP contribution in [0.2, 0.25) is 0 Å². The standard InChI is InChI=1S/C10H26N4/c1-9(13)8-10(14,4-2-6-11)5-3-7-12/h9H,2-8,11-14H2,1H3. The smallest absolute Gasteiger partial charge is 0.0169 e. The molecule has 0 spiro atoms. The van der Waals surface area contributed by atoms with Gasteiger partial charge in [-0.25, -0.2) is 0 Å². The Kier molecular flexibility index (Phi) is 7.09. The molecule has 0 saturated carbocycles. The number of hydrogen-bond acceptors (Lipinski definition) is 4. The quantitative estimate of drug-likeness (QED) is 0.441. The van der Waals surface area contributed by atoms with E-state index in [-0.39, 0.29) is 11.6 Å². The summed E-state index contributed by atoms with van der Waals surface area (Å²) in [7, 11) is 0. The Morgan fingerprint density at radius 2 is 1.50 bits per heavy atom. The molecule has 0 aliphatic carbocycles. The fourth-order valence-corrected chi connectivity index (χ4v) is 1.88. The van der Waals surface area contributed by atoms with Crippen LogP contribution in [-0.2, 0) is 0 Å². The average molecular weight is 202 g/mol. The molecule has 0 bridgehead atoms. The summed E-state index contributed by atoms with van der Waals surface area (Å²) in [6.07, 6.45) is 4.69. The van der Waals surface area contributed by atoms with E-state index in [0.29, 0.717) is 13.1 Å². The van der Waals surface area contributed by atoms with E-state index in [2.05, 4.69) is 0 Å². The van der Waals surface area contributed by atoms with Gasteiger partial charge in [-0.1, -0.05) is 0 Å². The third-order valence-electron chi connectivity index (χ3n) is 2.49. The van der Waals surface area contributed by atoms with Gasteiger partial charge in [-0.2, -0.15) is 0 Å². The molecular weight excluding hydrogens is 176 g/mol. The first-order valence-corrected chi connectivity index (χ1v) is 5.48. The van der Waals surface area contributed by atoms with Crippen molar-refractivity contribution in [1.82, 2.24) is 0 Å². The molecular formula is C10H26N4. The maximum Gasteiger partial charge on any atom is 0.0169 e. The lowest BCUT2D eigenvalue weighted by atomic mass is 9.84. The highest BCUT2D eigenvalue weighted by Crippen LogP contribution is 2.21. The Morgan fingerprint density at radius 1 is 1.07 bits per heavy atom. The van der Waals surface area contributed by atoms with Crippen molar-refractivity contribution in [3.8, 4) is 0 Å². The van der Waals surface area contributed by atoms with Crippen molar-refractivity contribution < 1.29 is 0 Å². The fourth-order valence-electron chi connectivity index (χ4n) is 1.88. The molecule has 0 radical (unpaired) electrons. The van der Waals surface area contributed by atoms with Crippen molar-refractivity contribution in [2.45, 2.75) is 50.6 Å². The summed E-state index contributed by atoms with van der Waals surface area (Å²) >= 11 is 0. The van der Waals surface area contributed by atoms with Gasteiger partial charge in [0.1, 0.15) is 0 Å². The van der Waals surface area contributed by atoms with Crippen LogP contribution in [0.25, 0.3) is 0 Å². The predicted octanol–water partition coefficient (Wildman–Crippen LogP) is -0.101. The molecule has 4 nitrogen and oxygen atoms in total. The van der Waals surface area contributed by atoms with Crippen LogP contribution in [0.4, 0.5) is 0 Å². The van der Waals surface area contributed by atoms with Gasteiger partial charge >= 0.3 is 0 Å². The zero-order valence-electron chi connectivity index (χ0n) is 9.34. The van der Waals surface area contributed by atoms with Crippen molar-refractivity contribution >= 4 is 0 Å². The van der Waals surface area contributed by atoms with Crippen LogP contribution in [0, 0.1) is 0 Å². The first kappa shape index (κ1) is 13.8. The molecule has 0 saturated heterocycles.